The third kappa shape index (κ3) is 5.83. The first-order valence-corrected chi connectivity index (χ1v) is 11.4. The average Bonchev–Trinajstić information content (AvgIpc) is 2.62. The van der Waals surface area contributed by atoms with Crippen LogP contribution in [-0.2, 0) is 21.2 Å². The molecule has 152 valence electrons. The highest BCUT2D eigenvalue weighted by Gasteiger charge is 2.30. The van der Waals surface area contributed by atoms with Crippen LogP contribution in [0.3, 0.4) is 0 Å². The predicted octanol–water partition coefficient (Wildman–Crippen LogP) is 3.60. The van der Waals surface area contributed by atoms with Crippen molar-refractivity contribution in [1.82, 2.24) is 5.32 Å². The van der Waals surface area contributed by atoms with Gasteiger partial charge in [-0.15, -0.1) is 0 Å². The Morgan fingerprint density at radius 1 is 1.07 bits per heavy atom. The first-order chi connectivity index (χ1) is 13.1. The lowest BCUT2D eigenvalue weighted by Crippen LogP contribution is -2.50. The lowest BCUT2D eigenvalue weighted by molar-refractivity contribution is -0.122. The number of amides is 1. The molecule has 5 nitrogen and oxygen atoms in total. The highest BCUT2D eigenvalue weighted by molar-refractivity contribution is 7.92. The summed E-state index contributed by atoms with van der Waals surface area (Å²) in [7, 11) is -3.62. The molecule has 28 heavy (non-hydrogen) atoms. The van der Waals surface area contributed by atoms with E-state index in [0.29, 0.717) is 5.69 Å². The minimum Gasteiger partial charge on any atom is -0.352 e. The van der Waals surface area contributed by atoms with Gasteiger partial charge in [-0.05, 0) is 63.3 Å². The number of hydrogen-bond donors (Lipinski definition) is 1. The summed E-state index contributed by atoms with van der Waals surface area (Å²) >= 11 is 0. The number of carbonyl (C=O) groups is 1. The van der Waals surface area contributed by atoms with Crippen LogP contribution in [0.15, 0.2) is 48.5 Å². The van der Waals surface area contributed by atoms with Crippen molar-refractivity contribution in [1.29, 1.82) is 0 Å². The SMILES string of the molecule is Cc1ccc(C)c(N([C@H](C)C(=O)N[C@@H](C)CCc2ccccc2)S(C)(=O)=O)c1. The van der Waals surface area contributed by atoms with Crippen molar-refractivity contribution >= 4 is 21.6 Å². The fourth-order valence-corrected chi connectivity index (χ4v) is 4.43. The molecule has 0 aliphatic carbocycles. The fourth-order valence-electron chi connectivity index (χ4n) is 3.20. The molecule has 0 bridgehead atoms. The van der Waals surface area contributed by atoms with Gasteiger partial charge in [-0.1, -0.05) is 42.5 Å². The zero-order valence-electron chi connectivity index (χ0n) is 17.3. The number of aryl methyl sites for hydroxylation is 3. The maximum Gasteiger partial charge on any atom is 0.243 e. The van der Waals surface area contributed by atoms with Crippen LogP contribution in [0.1, 0.15) is 37.0 Å². The molecule has 0 saturated carbocycles. The molecule has 0 aromatic heterocycles. The number of nitrogens with zero attached hydrogens (tertiary/aromatic N) is 1. The molecule has 0 unspecified atom stereocenters. The summed E-state index contributed by atoms with van der Waals surface area (Å²) in [5, 5.41) is 2.96. The number of benzene rings is 2. The summed E-state index contributed by atoms with van der Waals surface area (Å²) in [5.41, 5.74) is 3.51. The second kappa shape index (κ2) is 9.24. The first-order valence-electron chi connectivity index (χ1n) is 9.50. The Balaban J connectivity index is 2.12. The van der Waals surface area contributed by atoms with Gasteiger partial charge in [0.05, 0.1) is 11.9 Å². The van der Waals surface area contributed by atoms with Gasteiger partial charge in [0.2, 0.25) is 15.9 Å². The molecule has 1 amide bonds. The van der Waals surface area contributed by atoms with Gasteiger partial charge in [-0.25, -0.2) is 8.42 Å². The summed E-state index contributed by atoms with van der Waals surface area (Å²) in [6.07, 6.45) is 2.77. The molecule has 0 heterocycles. The summed E-state index contributed by atoms with van der Waals surface area (Å²) in [6.45, 7) is 7.32. The van der Waals surface area contributed by atoms with E-state index in [9.17, 15) is 13.2 Å². The van der Waals surface area contributed by atoms with E-state index in [1.807, 2.05) is 51.1 Å². The van der Waals surface area contributed by atoms with Crippen molar-refractivity contribution in [3.05, 3.63) is 65.2 Å². The summed E-state index contributed by atoms with van der Waals surface area (Å²) in [5.74, 6) is -0.299. The summed E-state index contributed by atoms with van der Waals surface area (Å²) < 4.78 is 26.2. The largest absolute Gasteiger partial charge is 0.352 e. The van der Waals surface area contributed by atoms with E-state index in [-0.39, 0.29) is 11.9 Å². The third-order valence-electron chi connectivity index (χ3n) is 4.79. The molecule has 2 rings (SSSR count). The third-order valence-corrected chi connectivity index (χ3v) is 6.02. The van der Waals surface area contributed by atoms with Crippen LogP contribution in [0.2, 0.25) is 0 Å². The van der Waals surface area contributed by atoms with Crippen molar-refractivity contribution in [3.8, 4) is 0 Å². The van der Waals surface area contributed by atoms with Crippen LogP contribution < -0.4 is 9.62 Å². The number of nitrogens with one attached hydrogen (secondary N) is 1. The number of carbonyl (C=O) groups excluding carboxylic acids is 1. The zero-order valence-corrected chi connectivity index (χ0v) is 18.1. The van der Waals surface area contributed by atoms with Crippen LogP contribution in [-0.4, -0.2) is 32.7 Å². The van der Waals surface area contributed by atoms with E-state index in [1.54, 1.807) is 13.0 Å². The molecule has 2 aromatic carbocycles. The average molecular weight is 403 g/mol. The zero-order chi connectivity index (χ0) is 20.9. The van der Waals surface area contributed by atoms with E-state index in [0.717, 1.165) is 30.2 Å². The van der Waals surface area contributed by atoms with Gasteiger partial charge < -0.3 is 5.32 Å². The van der Waals surface area contributed by atoms with Crippen molar-refractivity contribution in [2.24, 2.45) is 0 Å². The molecular formula is C22H30N2O3S. The quantitative estimate of drug-likeness (QED) is 0.734. The topological polar surface area (TPSA) is 66.5 Å². The minimum atomic E-state index is -3.62. The Bertz CT molecular complexity index is 911. The monoisotopic (exact) mass is 402 g/mol. The lowest BCUT2D eigenvalue weighted by atomic mass is 10.1. The van der Waals surface area contributed by atoms with Gasteiger partial charge >= 0.3 is 0 Å². The van der Waals surface area contributed by atoms with Gasteiger partial charge in [0.15, 0.2) is 0 Å². The minimum absolute atomic E-state index is 0.0600. The van der Waals surface area contributed by atoms with Crippen LogP contribution in [0.5, 0.6) is 0 Å². The van der Waals surface area contributed by atoms with E-state index < -0.39 is 16.1 Å². The van der Waals surface area contributed by atoms with E-state index >= 15 is 0 Å². The molecule has 0 spiro atoms. The molecule has 2 atom stereocenters. The molecule has 0 radical (unpaired) electrons. The summed E-state index contributed by atoms with van der Waals surface area (Å²) in [6, 6.07) is 14.8. The second-order valence-electron chi connectivity index (χ2n) is 7.46. The predicted molar refractivity (Wildman–Crippen MR) is 115 cm³/mol. The van der Waals surface area contributed by atoms with Gasteiger partial charge in [0.1, 0.15) is 6.04 Å². The molecule has 6 heteroatoms. The van der Waals surface area contributed by atoms with Crippen LogP contribution in [0, 0.1) is 13.8 Å². The van der Waals surface area contributed by atoms with E-state index in [4.69, 9.17) is 0 Å². The molecule has 1 N–H and O–H groups in total. The van der Waals surface area contributed by atoms with Crippen LogP contribution >= 0.6 is 0 Å². The number of sulfonamides is 1. The van der Waals surface area contributed by atoms with E-state index in [2.05, 4.69) is 17.4 Å². The van der Waals surface area contributed by atoms with Gasteiger partial charge in [-0.3, -0.25) is 9.10 Å². The molecule has 0 aliphatic rings. The van der Waals surface area contributed by atoms with Gasteiger partial charge in [-0.2, -0.15) is 0 Å². The normalized spacial score (nSPS) is 13.6. The highest BCUT2D eigenvalue weighted by Crippen LogP contribution is 2.26. The van der Waals surface area contributed by atoms with Crippen molar-refractivity contribution in [2.75, 3.05) is 10.6 Å². The standard InChI is InChI=1S/C22H30N2O3S/c1-16-11-12-17(2)21(15-16)24(28(5,26)27)19(4)22(25)23-18(3)13-14-20-9-7-6-8-10-20/h6-12,15,18-19H,13-14H2,1-5H3,(H,23,25)/t18-,19+/m0/s1. The first kappa shape index (κ1) is 22.0. The van der Waals surface area contributed by atoms with Crippen molar-refractivity contribution in [2.45, 2.75) is 52.6 Å². The Morgan fingerprint density at radius 3 is 2.32 bits per heavy atom. The second-order valence-corrected chi connectivity index (χ2v) is 9.32. The smallest absolute Gasteiger partial charge is 0.243 e. The number of rotatable bonds is 8. The van der Waals surface area contributed by atoms with E-state index in [1.165, 1.54) is 9.87 Å². The molecular weight excluding hydrogens is 372 g/mol. The maximum atomic E-state index is 12.8. The Morgan fingerprint density at radius 2 is 1.71 bits per heavy atom. The number of hydrogen-bond acceptors (Lipinski definition) is 3. The highest BCUT2D eigenvalue weighted by atomic mass is 32.2. The molecule has 2 aromatic rings. The summed E-state index contributed by atoms with van der Waals surface area (Å²) in [4.78, 5) is 12.8. The van der Waals surface area contributed by atoms with Crippen molar-refractivity contribution in [3.63, 3.8) is 0 Å². The Labute approximate surface area is 168 Å². The number of anilines is 1. The lowest BCUT2D eigenvalue weighted by Gasteiger charge is -2.30. The molecule has 0 saturated heterocycles. The Hall–Kier alpha value is -2.34. The molecule has 0 aliphatic heterocycles. The Kier molecular flexibility index (Phi) is 7.24. The van der Waals surface area contributed by atoms with Crippen LogP contribution in [0.4, 0.5) is 5.69 Å². The van der Waals surface area contributed by atoms with Crippen LogP contribution in [0.25, 0.3) is 0 Å². The maximum absolute atomic E-state index is 12.8. The van der Waals surface area contributed by atoms with Crippen molar-refractivity contribution < 1.29 is 13.2 Å². The van der Waals surface area contributed by atoms with Gasteiger partial charge in [0.25, 0.3) is 0 Å². The fraction of sp³-hybridized carbons (Fsp3) is 0.409. The molecule has 0 fully saturated rings. The van der Waals surface area contributed by atoms with Gasteiger partial charge in [0, 0.05) is 6.04 Å².